The molecule has 20 heavy (non-hydrogen) atoms. The molecule has 1 N–H and O–H groups in total. The second-order valence-corrected chi connectivity index (χ2v) is 6.35. The Morgan fingerprint density at radius 2 is 1.75 bits per heavy atom. The number of rotatable bonds is 2. The Morgan fingerprint density at radius 1 is 1.00 bits per heavy atom. The van der Waals surface area contributed by atoms with Crippen LogP contribution < -0.4 is 0 Å². The molecule has 0 amide bonds. The lowest BCUT2D eigenvalue weighted by molar-refractivity contribution is 0.352. The van der Waals surface area contributed by atoms with Crippen LogP contribution in [-0.4, -0.2) is 30.1 Å². The summed E-state index contributed by atoms with van der Waals surface area (Å²) in [5.41, 5.74) is 2.70. The molecule has 1 aliphatic heterocycles. The molecule has 3 heteroatoms. The van der Waals surface area contributed by atoms with Crippen molar-refractivity contribution in [2.24, 2.45) is 0 Å². The molecule has 0 atom stereocenters. The van der Waals surface area contributed by atoms with E-state index >= 15 is 0 Å². The smallest absolute Gasteiger partial charge is 0.129 e. The largest absolute Gasteiger partial charge is 0.507 e. The van der Waals surface area contributed by atoms with Crippen LogP contribution in [0.25, 0.3) is 0 Å². The van der Waals surface area contributed by atoms with Crippen LogP contribution in [0.2, 0.25) is 0 Å². The highest BCUT2D eigenvalue weighted by Gasteiger charge is 2.18. The molecule has 0 saturated carbocycles. The zero-order chi connectivity index (χ0) is 13.9. The Morgan fingerprint density at radius 3 is 2.55 bits per heavy atom. The summed E-state index contributed by atoms with van der Waals surface area (Å²) in [7, 11) is 2.16. The first-order chi connectivity index (χ1) is 9.74. The van der Waals surface area contributed by atoms with Crippen LogP contribution in [0, 0.1) is 0 Å². The van der Waals surface area contributed by atoms with Crippen molar-refractivity contribution in [3.63, 3.8) is 0 Å². The summed E-state index contributed by atoms with van der Waals surface area (Å²) in [6.07, 6.45) is 2.07. The van der Waals surface area contributed by atoms with Gasteiger partial charge in [-0.25, -0.2) is 0 Å². The van der Waals surface area contributed by atoms with Crippen molar-refractivity contribution in [2.75, 3.05) is 20.1 Å². The fourth-order valence-corrected chi connectivity index (χ4v) is 3.67. The van der Waals surface area contributed by atoms with Gasteiger partial charge in [-0.1, -0.05) is 36.0 Å². The molecule has 1 heterocycles. The minimum absolute atomic E-state index is 0.405. The molecule has 0 aliphatic carbocycles. The molecule has 104 valence electrons. The maximum atomic E-state index is 10.3. The van der Waals surface area contributed by atoms with Crippen molar-refractivity contribution in [2.45, 2.75) is 22.6 Å². The van der Waals surface area contributed by atoms with Gasteiger partial charge in [-0.05, 0) is 49.2 Å². The van der Waals surface area contributed by atoms with Gasteiger partial charge >= 0.3 is 0 Å². The molecule has 2 aromatic carbocycles. The molecule has 0 aromatic heterocycles. The van der Waals surface area contributed by atoms with Gasteiger partial charge in [0.1, 0.15) is 5.75 Å². The summed E-state index contributed by atoms with van der Waals surface area (Å²) < 4.78 is 0. The average molecular weight is 285 g/mol. The molecule has 0 saturated heterocycles. The Bertz CT molecular complexity index is 597. The molecule has 3 rings (SSSR count). The van der Waals surface area contributed by atoms with E-state index in [0.717, 1.165) is 30.8 Å². The number of hydrogen-bond donors (Lipinski definition) is 1. The zero-order valence-corrected chi connectivity index (χ0v) is 12.5. The van der Waals surface area contributed by atoms with Crippen LogP contribution in [0.3, 0.4) is 0 Å². The molecule has 0 radical (unpaired) electrons. The van der Waals surface area contributed by atoms with Crippen LogP contribution in [0.1, 0.15) is 11.1 Å². The minimum Gasteiger partial charge on any atom is -0.507 e. The quantitative estimate of drug-likeness (QED) is 0.912. The van der Waals surface area contributed by atoms with E-state index in [9.17, 15) is 5.11 Å². The molecule has 0 fully saturated rings. The summed E-state index contributed by atoms with van der Waals surface area (Å²) in [6, 6.07) is 14.2. The van der Waals surface area contributed by atoms with Gasteiger partial charge in [0.15, 0.2) is 0 Å². The fraction of sp³-hybridized carbons (Fsp3) is 0.294. The van der Waals surface area contributed by atoms with Crippen LogP contribution in [-0.2, 0) is 12.8 Å². The number of fused-ring (bicyclic) bond motifs is 1. The lowest BCUT2D eigenvalue weighted by Crippen LogP contribution is -2.20. The number of benzene rings is 2. The van der Waals surface area contributed by atoms with E-state index in [1.807, 2.05) is 24.3 Å². The molecule has 0 unspecified atom stereocenters. The van der Waals surface area contributed by atoms with E-state index in [1.54, 1.807) is 11.8 Å². The summed E-state index contributed by atoms with van der Waals surface area (Å²) in [4.78, 5) is 4.56. The van der Waals surface area contributed by atoms with Crippen molar-refractivity contribution in [1.29, 1.82) is 0 Å². The van der Waals surface area contributed by atoms with Gasteiger partial charge < -0.3 is 10.0 Å². The van der Waals surface area contributed by atoms with Crippen molar-refractivity contribution in [3.05, 3.63) is 53.6 Å². The topological polar surface area (TPSA) is 23.5 Å². The normalized spacial score (nSPS) is 15.7. The second-order valence-electron chi connectivity index (χ2n) is 5.27. The van der Waals surface area contributed by atoms with E-state index in [2.05, 4.69) is 30.1 Å². The Hall–Kier alpha value is -1.45. The monoisotopic (exact) mass is 285 g/mol. The fourth-order valence-electron chi connectivity index (χ4n) is 2.61. The highest BCUT2D eigenvalue weighted by Crippen LogP contribution is 2.39. The predicted octanol–water partition coefficient (Wildman–Crippen LogP) is 3.57. The van der Waals surface area contributed by atoms with Gasteiger partial charge in [-0.2, -0.15) is 0 Å². The molecule has 2 aromatic rings. The van der Waals surface area contributed by atoms with Crippen LogP contribution in [0.15, 0.2) is 52.3 Å². The van der Waals surface area contributed by atoms with Gasteiger partial charge in [0.25, 0.3) is 0 Å². The zero-order valence-electron chi connectivity index (χ0n) is 11.7. The summed E-state index contributed by atoms with van der Waals surface area (Å²) in [6.45, 7) is 2.14. The number of nitrogens with zero attached hydrogens (tertiary/aromatic N) is 1. The SMILES string of the molecule is CN1CCc2ccc(O)c(Sc3ccccc3)c2CC1. The third kappa shape index (κ3) is 2.84. The van der Waals surface area contributed by atoms with Crippen LogP contribution in [0.4, 0.5) is 0 Å². The van der Waals surface area contributed by atoms with Crippen molar-refractivity contribution in [1.82, 2.24) is 4.90 Å². The standard InChI is InChI=1S/C17H19NOS/c1-18-11-9-13-7-8-16(19)17(15(13)10-12-18)20-14-5-3-2-4-6-14/h2-8,19H,9-12H2,1H3. The molecular formula is C17H19NOS. The molecule has 2 nitrogen and oxygen atoms in total. The van der Waals surface area contributed by atoms with E-state index in [0.29, 0.717) is 5.75 Å². The summed E-state index contributed by atoms with van der Waals surface area (Å²) in [5.74, 6) is 0.405. The first kappa shape index (κ1) is 13.5. The Kier molecular flexibility index (Phi) is 3.99. The number of hydrogen-bond acceptors (Lipinski definition) is 3. The second kappa shape index (κ2) is 5.90. The van der Waals surface area contributed by atoms with E-state index < -0.39 is 0 Å². The third-order valence-electron chi connectivity index (χ3n) is 3.81. The summed E-state index contributed by atoms with van der Waals surface area (Å²) in [5, 5.41) is 10.3. The van der Waals surface area contributed by atoms with E-state index in [4.69, 9.17) is 0 Å². The predicted molar refractivity (Wildman–Crippen MR) is 83.6 cm³/mol. The Balaban J connectivity index is 1.98. The van der Waals surface area contributed by atoms with Crippen molar-refractivity contribution >= 4 is 11.8 Å². The molecule has 1 aliphatic rings. The van der Waals surface area contributed by atoms with Crippen molar-refractivity contribution in [3.8, 4) is 5.75 Å². The number of phenolic OH excluding ortho intramolecular Hbond substituents is 1. The third-order valence-corrected chi connectivity index (χ3v) is 4.97. The molecular weight excluding hydrogens is 266 g/mol. The number of phenols is 1. The van der Waals surface area contributed by atoms with E-state index in [-0.39, 0.29) is 0 Å². The first-order valence-electron chi connectivity index (χ1n) is 6.99. The lowest BCUT2D eigenvalue weighted by atomic mass is 10.0. The maximum absolute atomic E-state index is 10.3. The molecule has 0 bridgehead atoms. The van der Waals surface area contributed by atoms with Gasteiger partial charge in [0.2, 0.25) is 0 Å². The molecule has 0 spiro atoms. The first-order valence-corrected chi connectivity index (χ1v) is 7.81. The highest BCUT2D eigenvalue weighted by atomic mass is 32.2. The van der Waals surface area contributed by atoms with Gasteiger partial charge in [0.05, 0.1) is 4.90 Å². The van der Waals surface area contributed by atoms with Crippen LogP contribution in [0.5, 0.6) is 5.75 Å². The Labute approximate surface area is 124 Å². The van der Waals surface area contributed by atoms with Crippen molar-refractivity contribution < 1.29 is 5.11 Å². The van der Waals surface area contributed by atoms with Gasteiger partial charge in [-0.15, -0.1) is 0 Å². The highest BCUT2D eigenvalue weighted by molar-refractivity contribution is 7.99. The number of aromatic hydroxyl groups is 1. The van der Waals surface area contributed by atoms with E-state index in [1.165, 1.54) is 16.0 Å². The maximum Gasteiger partial charge on any atom is 0.129 e. The summed E-state index contributed by atoms with van der Waals surface area (Å²) >= 11 is 1.67. The van der Waals surface area contributed by atoms with Crippen LogP contribution >= 0.6 is 11.8 Å². The number of likely N-dealkylation sites (N-methyl/N-ethyl adjacent to an activating group) is 1. The average Bonchev–Trinajstić information content (AvgIpc) is 2.66. The lowest BCUT2D eigenvalue weighted by Gasteiger charge is -2.14. The van der Waals surface area contributed by atoms with Gasteiger partial charge in [0, 0.05) is 18.0 Å². The van der Waals surface area contributed by atoms with Gasteiger partial charge in [-0.3, -0.25) is 0 Å². The minimum atomic E-state index is 0.405.